The van der Waals surface area contributed by atoms with Crippen molar-refractivity contribution < 1.29 is 14.3 Å². The third-order valence-electron chi connectivity index (χ3n) is 4.27. The molecule has 1 aromatic heterocycles. The summed E-state index contributed by atoms with van der Waals surface area (Å²) < 4.78 is 5.26. The Morgan fingerprint density at radius 1 is 1.08 bits per heavy atom. The summed E-state index contributed by atoms with van der Waals surface area (Å²) in [5.74, 6) is -1.29. The number of anilines is 1. The second-order valence-corrected chi connectivity index (χ2v) is 5.70. The highest BCUT2D eigenvalue weighted by Crippen LogP contribution is 2.34. The molecule has 128 valence electrons. The highest BCUT2D eigenvalue weighted by molar-refractivity contribution is 5.96. The fourth-order valence-electron chi connectivity index (χ4n) is 2.98. The van der Waals surface area contributed by atoms with Gasteiger partial charge in [0.25, 0.3) is 0 Å². The van der Waals surface area contributed by atoms with Gasteiger partial charge in [-0.2, -0.15) is 0 Å². The maximum atomic E-state index is 11.9. The molecular formula is C20H19NO4. The molecule has 0 unspecified atom stereocenters. The second kappa shape index (κ2) is 6.81. The van der Waals surface area contributed by atoms with Crippen molar-refractivity contribution in [2.24, 2.45) is 0 Å². The van der Waals surface area contributed by atoms with Crippen LogP contribution in [0, 0.1) is 0 Å². The van der Waals surface area contributed by atoms with Crippen molar-refractivity contribution in [1.29, 1.82) is 0 Å². The molecule has 0 bridgehead atoms. The number of aromatic carboxylic acids is 1. The zero-order chi connectivity index (χ0) is 18.0. The second-order valence-electron chi connectivity index (χ2n) is 5.70. The van der Waals surface area contributed by atoms with Gasteiger partial charge in [0.15, 0.2) is 0 Å². The Labute approximate surface area is 145 Å². The van der Waals surface area contributed by atoms with Gasteiger partial charge < -0.3 is 14.4 Å². The lowest BCUT2D eigenvalue weighted by atomic mass is 10.00. The molecular weight excluding hydrogens is 318 g/mol. The first-order valence-corrected chi connectivity index (χ1v) is 8.20. The Hall–Kier alpha value is -3.08. The van der Waals surface area contributed by atoms with Crippen LogP contribution in [0.3, 0.4) is 0 Å². The van der Waals surface area contributed by atoms with E-state index >= 15 is 0 Å². The summed E-state index contributed by atoms with van der Waals surface area (Å²) in [6.45, 7) is 5.73. The van der Waals surface area contributed by atoms with Gasteiger partial charge in [-0.1, -0.05) is 30.3 Å². The van der Waals surface area contributed by atoms with Gasteiger partial charge in [0.2, 0.25) is 0 Å². The molecule has 5 heteroatoms. The van der Waals surface area contributed by atoms with Crippen LogP contribution in [0.15, 0.2) is 57.7 Å². The van der Waals surface area contributed by atoms with Crippen LogP contribution in [0.2, 0.25) is 0 Å². The van der Waals surface area contributed by atoms with Crippen molar-refractivity contribution in [3.8, 4) is 11.1 Å². The monoisotopic (exact) mass is 337 g/mol. The van der Waals surface area contributed by atoms with E-state index in [1.807, 2.05) is 42.5 Å². The Morgan fingerprint density at radius 3 is 2.36 bits per heavy atom. The lowest BCUT2D eigenvalue weighted by Gasteiger charge is -2.24. The molecule has 0 fully saturated rings. The third-order valence-corrected chi connectivity index (χ3v) is 4.27. The third kappa shape index (κ3) is 3.13. The lowest BCUT2D eigenvalue weighted by molar-refractivity contribution is 0.0692. The summed E-state index contributed by atoms with van der Waals surface area (Å²) in [7, 11) is 0. The number of benzene rings is 2. The number of nitrogens with zero attached hydrogens (tertiary/aromatic N) is 1. The van der Waals surface area contributed by atoms with Gasteiger partial charge in [-0.3, -0.25) is 0 Å². The highest BCUT2D eigenvalue weighted by Gasteiger charge is 2.17. The first-order valence-electron chi connectivity index (χ1n) is 8.20. The SMILES string of the molecule is CCN(CC)c1cc2oc(=O)c(C(=O)O)cc2cc1-c1ccccc1. The molecule has 0 aliphatic rings. The van der Waals surface area contributed by atoms with Crippen LogP contribution in [0.4, 0.5) is 5.69 Å². The minimum Gasteiger partial charge on any atom is -0.477 e. The van der Waals surface area contributed by atoms with Crippen molar-refractivity contribution in [1.82, 2.24) is 0 Å². The van der Waals surface area contributed by atoms with E-state index in [0.717, 1.165) is 29.9 Å². The number of fused-ring (bicyclic) bond motifs is 1. The number of hydrogen-bond acceptors (Lipinski definition) is 4. The first-order chi connectivity index (χ1) is 12.0. The zero-order valence-electron chi connectivity index (χ0n) is 14.2. The summed E-state index contributed by atoms with van der Waals surface area (Å²) in [6.07, 6.45) is 0. The van der Waals surface area contributed by atoms with E-state index in [-0.39, 0.29) is 5.56 Å². The number of rotatable bonds is 5. The molecule has 25 heavy (non-hydrogen) atoms. The average molecular weight is 337 g/mol. The highest BCUT2D eigenvalue weighted by atomic mass is 16.4. The largest absolute Gasteiger partial charge is 0.477 e. The molecule has 1 N–H and O–H groups in total. The number of carbonyl (C=O) groups is 1. The zero-order valence-corrected chi connectivity index (χ0v) is 14.2. The maximum Gasteiger partial charge on any atom is 0.351 e. The van der Waals surface area contributed by atoms with Crippen molar-refractivity contribution >= 4 is 22.6 Å². The number of hydrogen-bond donors (Lipinski definition) is 1. The Balaban J connectivity index is 2.33. The first kappa shape index (κ1) is 16.8. The smallest absolute Gasteiger partial charge is 0.351 e. The average Bonchev–Trinajstić information content (AvgIpc) is 2.62. The maximum absolute atomic E-state index is 11.9. The fraction of sp³-hybridized carbons (Fsp3) is 0.200. The van der Waals surface area contributed by atoms with Crippen molar-refractivity contribution in [2.45, 2.75) is 13.8 Å². The van der Waals surface area contributed by atoms with Gasteiger partial charge in [0.1, 0.15) is 11.1 Å². The minimum absolute atomic E-state index is 0.359. The van der Waals surface area contributed by atoms with Crippen LogP contribution in [-0.2, 0) is 0 Å². The summed E-state index contributed by atoms with van der Waals surface area (Å²) in [4.78, 5) is 25.3. The molecule has 0 spiro atoms. The van der Waals surface area contributed by atoms with Crippen molar-refractivity contribution in [2.75, 3.05) is 18.0 Å². The Bertz CT molecular complexity index is 972. The lowest BCUT2D eigenvalue weighted by Crippen LogP contribution is -2.22. The normalized spacial score (nSPS) is 10.8. The van der Waals surface area contributed by atoms with Crippen LogP contribution < -0.4 is 10.5 Å². The van der Waals surface area contributed by atoms with Gasteiger partial charge in [0.05, 0.1) is 0 Å². The summed E-state index contributed by atoms with van der Waals surface area (Å²) in [5, 5.41) is 9.75. The van der Waals surface area contributed by atoms with Crippen LogP contribution in [0.5, 0.6) is 0 Å². The predicted octanol–water partition coefficient (Wildman–Crippen LogP) is 4.00. The molecule has 0 saturated carbocycles. The summed E-state index contributed by atoms with van der Waals surface area (Å²) in [5.41, 5.74) is 2.14. The number of carboxylic acid groups (broad SMARTS) is 1. The number of carboxylic acids is 1. The molecule has 3 rings (SSSR count). The van der Waals surface area contributed by atoms with E-state index in [2.05, 4.69) is 18.7 Å². The van der Waals surface area contributed by atoms with Crippen molar-refractivity contribution in [3.63, 3.8) is 0 Å². The van der Waals surface area contributed by atoms with Gasteiger partial charge in [0, 0.05) is 35.8 Å². The fourth-order valence-corrected chi connectivity index (χ4v) is 2.98. The molecule has 0 atom stereocenters. The van der Waals surface area contributed by atoms with Gasteiger partial charge in [-0.15, -0.1) is 0 Å². The topological polar surface area (TPSA) is 70.8 Å². The van der Waals surface area contributed by atoms with Crippen LogP contribution >= 0.6 is 0 Å². The van der Waals surface area contributed by atoms with E-state index in [1.54, 1.807) is 0 Å². The van der Waals surface area contributed by atoms with Gasteiger partial charge >= 0.3 is 11.6 Å². The summed E-state index contributed by atoms with van der Waals surface area (Å²) in [6, 6.07) is 15.0. The summed E-state index contributed by atoms with van der Waals surface area (Å²) >= 11 is 0. The Kier molecular flexibility index (Phi) is 4.57. The van der Waals surface area contributed by atoms with E-state index in [1.165, 1.54) is 6.07 Å². The molecule has 0 radical (unpaired) electrons. The predicted molar refractivity (Wildman–Crippen MR) is 98.4 cm³/mol. The van der Waals surface area contributed by atoms with E-state index in [0.29, 0.717) is 11.0 Å². The molecule has 5 nitrogen and oxygen atoms in total. The molecule has 2 aromatic carbocycles. The molecule has 3 aromatic rings. The molecule has 0 saturated heterocycles. The van der Waals surface area contributed by atoms with E-state index in [9.17, 15) is 9.59 Å². The van der Waals surface area contributed by atoms with E-state index < -0.39 is 11.6 Å². The Morgan fingerprint density at radius 2 is 1.76 bits per heavy atom. The van der Waals surface area contributed by atoms with Gasteiger partial charge in [-0.05, 0) is 31.5 Å². The van der Waals surface area contributed by atoms with Crippen LogP contribution in [0.1, 0.15) is 24.2 Å². The minimum atomic E-state index is -1.29. The molecule has 0 aliphatic carbocycles. The molecule has 0 amide bonds. The van der Waals surface area contributed by atoms with Crippen molar-refractivity contribution in [3.05, 3.63) is 64.5 Å². The van der Waals surface area contributed by atoms with Gasteiger partial charge in [-0.25, -0.2) is 9.59 Å². The van der Waals surface area contributed by atoms with Crippen LogP contribution in [-0.4, -0.2) is 24.2 Å². The molecule has 1 heterocycles. The standard InChI is InChI=1S/C20H19NO4/c1-3-21(4-2)17-12-18-14(11-16(19(22)23)20(24)25-18)10-15(17)13-8-6-5-7-9-13/h5-12H,3-4H2,1-2H3,(H,22,23). The molecule has 0 aliphatic heterocycles. The van der Waals surface area contributed by atoms with Crippen LogP contribution in [0.25, 0.3) is 22.1 Å². The quantitative estimate of drug-likeness (QED) is 0.713. The van der Waals surface area contributed by atoms with E-state index in [4.69, 9.17) is 9.52 Å².